The lowest BCUT2D eigenvalue weighted by atomic mass is 10.1. The molecule has 0 aliphatic heterocycles. The smallest absolute Gasteiger partial charge is 0.335 e. The summed E-state index contributed by atoms with van der Waals surface area (Å²) >= 11 is 0. The topological polar surface area (TPSA) is 102 Å². The number of carboxylic acid groups (broad SMARTS) is 1. The summed E-state index contributed by atoms with van der Waals surface area (Å²) < 4.78 is 6.69. The number of aromatic nitrogens is 2. The van der Waals surface area contributed by atoms with Crippen molar-refractivity contribution < 1.29 is 14.6 Å². The molecule has 1 aromatic heterocycles. The van der Waals surface area contributed by atoms with E-state index < -0.39 is 5.97 Å². The van der Waals surface area contributed by atoms with E-state index in [1.165, 1.54) is 12.1 Å². The molecule has 0 amide bonds. The summed E-state index contributed by atoms with van der Waals surface area (Å²) in [6, 6.07) is 4.51. The van der Waals surface area contributed by atoms with E-state index in [1.54, 1.807) is 30.3 Å². The standard InChI is InChI=1S/C13H16N4O3/c1-20-5-4-17-8-10(7-15-17)16-12-6-9(13(18)19)2-3-11(12)14/h2-3,6-8,16H,4-5,14H2,1H3,(H,18,19). The minimum absolute atomic E-state index is 0.175. The predicted octanol–water partition coefficient (Wildman–Crippen LogP) is 1.55. The molecule has 0 unspecified atom stereocenters. The fraction of sp³-hybridized carbons (Fsp3) is 0.231. The largest absolute Gasteiger partial charge is 0.478 e. The number of carbonyl (C=O) groups is 1. The summed E-state index contributed by atoms with van der Waals surface area (Å²) in [5.74, 6) is -0.996. The van der Waals surface area contributed by atoms with Gasteiger partial charge in [-0.15, -0.1) is 0 Å². The molecule has 0 atom stereocenters. The van der Waals surface area contributed by atoms with Gasteiger partial charge in [0.05, 0.1) is 42.0 Å². The quantitative estimate of drug-likeness (QED) is 0.692. The first-order valence-corrected chi connectivity index (χ1v) is 6.01. The summed E-state index contributed by atoms with van der Waals surface area (Å²) in [5.41, 5.74) is 7.74. The van der Waals surface area contributed by atoms with Crippen LogP contribution in [0.5, 0.6) is 0 Å². The summed E-state index contributed by atoms with van der Waals surface area (Å²) in [6.45, 7) is 1.21. The number of ether oxygens (including phenoxy) is 1. The Hall–Kier alpha value is -2.54. The Labute approximate surface area is 116 Å². The van der Waals surface area contributed by atoms with Crippen LogP contribution in [0.15, 0.2) is 30.6 Å². The van der Waals surface area contributed by atoms with E-state index in [0.29, 0.717) is 24.5 Å². The molecule has 0 fully saturated rings. The van der Waals surface area contributed by atoms with Crippen LogP contribution in [-0.4, -0.2) is 34.6 Å². The third-order valence-corrected chi connectivity index (χ3v) is 2.74. The van der Waals surface area contributed by atoms with E-state index in [9.17, 15) is 4.79 Å². The Morgan fingerprint density at radius 2 is 2.35 bits per heavy atom. The van der Waals surface area contributed by atoms with Gasteiger partial charge in [0, 0.05) is 13.3 Å². The number of nitrogens with two attached hydrogens (primary N) is 1. The second-order valence-electron chi connectivity index (χ2n) is 4.22. The van der Waals surface area contributed by atoms with Crippen molar-refractivity contribution in [2.24, 2.45) is 0 Å². The molecule has 4 N–H and O–H groups in total. The van der Waals surface area contributed by atoms with Crippen LogP contribution in [0.1, 0.15) is 10.4 Å². The Balaban J connectivity index is 2.14. The van der Waals surface area contributed by atoms with Crippen LogP contribution in [0.3, 0.4) is 0 Å². The monoisotopic (exact) mass is 276 g/mol. The molecule has 2 rings (SSSR count). The normalized spacial score (nSPS) is 10.4. The van der Waals surface area contributed by atoms with Crippen LogP contribution in [0.4, 0.5) is 17.1 Å². The number of hydrogen-bond acceptors (Lipinski definition) is 5. The van der Waals surface area contributed by atoms with E-state index in [-0.39, 0.29) is 5.56 Å². The van der Waals surface area contributed by atoms with Crippen LogP contribution in [-0.2, 0) is 11.3 Å². The van der Waals surface area contributed by atoms with Crippen LogP contribution in [0.25, 0.3) is 0 Å². The summed E-state index contributed by atoms with van der Waals surface area (Å²) in [5, 5.41) is 16.2. The van der Waals surface area contributed by atoms with Crippen molar-refractivity contribution in [2.45, 2.75) is 6.54 Å². The average molecular weight is 276 g/mol. The summed E-state index contributed by atoms with van der Waals surface area (Å²) in [7, 11) is 1.63. The zero-order chi connectivity index (χ0) is 14.5. The van der Waals surface area contributed by atoms with Gasteiger partial charge in [-0.05, 0) is 18.2 Å². The van der Waals surface area contributed by atoms with E-state index in [2.05, 4.69) is 10.4 Å². The predicted molar refractivity (Wildman–Crippen MR) is 75.2 cm³/mol. The number of carboxylic acids is 1. The van der Waals surface area contributed by atoms with Crippen LogP contribution in [0.2, 0.25) is 0 Å². The van der Waals surface area contributed by atoms with E-state index in [1.807, 2.05) is 0 Å². The Morgan fingerprint density at radius 1 is 1.55 bits per heavy atom. The molecule has 106 valence electrons. The second kappa shape index (κ2) is 6.07. The maximum absolute atomic E-state index is 10.9. The molecule has 0 saturated heterocycles. The van der Waals surface area contributed by atoms with Crippen LogP contribution < -0.4 is 11.1 Å². The molecule has 0 spiro atoms. The van der Waals surface area contributed by atoms with Gasteiger partial charge in [-0.25, -0.2) is 4.79 Å². The molecule has 7 heteroatoms. The van der Waals surface area contributed by atoms with Gasteiger partial charge in [0.2, 0.25) is 0 Å². The lowest BCUT2D eigenvalue weighted by Crippen LogP contribution is -2.04. The van der Waals surface area contributed by atoms with Crippen molar-refractivity contribution in [3.63, 3.8) is 0 Å². The second-order valence-corrected chi connectivity index (χ2v) is 4.22. The number of rotatable bonds is 6. The number of nitrogen functional groups attached to an aromatic ring is 1. The molecule has 0 aliphatic carbocycles. The highest BCUT2D eigenvalue weighted by Gasteiger charge is 2.07. The van der Waals surface area contributed by atoms with Crippen molar-refractivity contribution in [1.29, 1.82) is 0 Å². The fourth-order valence-electron chi connectivity index (χ4n) is 1.69. The zero-order valence-corrected chi connectivity index (χ0v) is 11.0. The van der Waals surface area contributed by atoms with Gasteiger partial charge in [-0.1, -0.05) is 0 Å². The molecule has 0 radical (unpaired) electrons. The van der Waals surface area contributed by atoms with Crippen LogP contribution >= 0.6 is 0 Å². The lowest BCUT2D eigenvalue weighted by Gasteiger charge is -2.08. The Bertz CT molecular complexity index is 609. The van der Waals surface area contributed by atoms with Crippen molar-refractivity contribution >= 4 is 23.0 Å². The minimum Gasteiger partial charge on any atom is -0.478 e. The molecule has 2 aromatic rings. The van der Waals surface area contributed by atoms with Gasteiger partial charge in [-0.3, -0.25) is 4.68 Å². The SMILES string of the molecule is COCCn1cc(Nc2cc(C(=O)O)ccc2N)cn1. The van der Waals surface area contributed by atoms with Gasteiger partial charge in [-0.2, -0.15) is 5.10 Å². The van der Waals surface area contributed by atoms with E-state index in [4.69, 9.17) is 15.6 Å². The highest BCUT2D eigenvalue weighted by Crippen LogP contribution is 2.24. The van der Waals surface area contributed by atoms with Crippen molar-refractivity contribution in [3.05, 3.63) is 36.2 Å². The van der Waals surface area contributed by atoms with Gasteiger partial charge in [0.15, 0.2) is 0 Å². The van der Waals surface area contributed by atoms with Gasteiger partial charge in [0.1, 0.15) is 0 Å². The number of benzene rings is 1. The van der Waals surface area contributed by atoms with E-state index in [0.717, 1.165) is 5.69 Å². The lowest BCUT2D eigenvalue weighted by molar-refractivity contribution is 0.0697. The van der Waals surface area contributed by atoms with Gasteiger partial charge in [0.25, 0.3) is 0 Å². The molecule has 7 nitrogen and oxygen atoms in total. The van der Waals surface area contributed by atoms with Crippen molar-refractivity contribution in [2.75, 3.05) is 24.8 Å². The first-order chi connectivity index (χ1) is 9.60. The third kappa shape index (κ3) is 3.27. The number of hydrogen-bond donors (Lipinski definition) is 3. The Kier molecular flexibility index (Phi) is 4.21. The molecule has 0 aliphatic rings. The number of aromatic carboxylic acids is 1. The van der Waals surface area contributed by atoms with Crippen molar-refractivity contribution in [3.8, 4) is 0 Å². The first-order valence-electron chi connectivity index (χ1n) is 6.01. The molecule has 1 heterocycles. The molecular weight excluding hydrogens is 260 g/mol. The fourth-order valence-corrected chi connectivity index (χ4v) is 1.69. The maximum Gasteiger partial charge on any atom is 0.335 e. The molecule has 0 saturated carbocycles. The van der Waals surface area contributed by atoms with Crippen molar-refractivity contribution in [1.82, 2.24) is 9.78 Å². The molecule has 0 bridgehead atoms. The number of anilines is 3. The summed E-state index contributed by atoms with van der Waals surface area (Å²) in [4.78, 5) is 10.9. The maximum atomic E-state index is 10.9. The Morgan fingerprint density at radius 3 is 3.05 bits per heavy atom. The van der Waals surface area contributed by atoms with Gasteiger partial charge < -0.3 is 20.9 Å². The molecule has 1 aromatic carbocycles. The van der Waals surface area contributed by atoms with Gasteiger partial charge >= 0.3 is 5.97 Å². The third-order valence-electron chi connectivity index (χ3n) is 2.74. The number of methoxy groups -OCH3 is 1. The summed E-state index contributed by atoms with van der Waals surface area (Å²) in [6.07, 6.45) is 3.44. The van der Waals surface area contributed by atoms with Crippen LogP contribution in [0, 0.1) is 0 Å². The highest BCUT2D eigenvalue weighted by molar-refractivity contribution is 5.91. The minimum atomic E-state index is -0.996. The number of nitrogens with zero attached hydrogens (tertiary/aromatic N) is 2. The highest BCUT2D eigenvalue weighted by atomic mass is 16.5. The molecule has 20 heavy (non-hydrogen) atoms. The first kappa shape index (κ1) is 13.9. The average Bonchev–Trinajstić information content (AvgIpc) is 2.86. The molecular formula is C13H16N4O3. The zero-order valence-electron chi connectivity index (χ0n) is 11.0. The number of nitrogens with one attached hydrogen (secondary N) is 1. The van der Waals surface area contributed by atoms with E-state index >= 15 is 0 Å².